The highest BCUT2D eigenvalue weighted by molar-refractivity contribution is 6.31. The van der Waals surface area contributed by atoms with Crippen molar-refractivity contribution in [1.82, 2.24) is 5.43 Å². The molecule has 0 heterocycles. The Morgan fingerprint density at radius 3 is 2.54 bits per heavy atom. The molecule has 0 unspecified atom stereocenters. The molecule has 0 spiro atoms. The molecule has 0 aliphatic carbocycles. The Labute approximate surface area is 208 Å². The monoisotopic (exact) mass is 495 g/mol. The second-order valence-electron chi connectivity index (χ2n) is 7.34. The van der Waals surface area contributed by atoms with E-state index < -0.39 is 5.91 Å². The van der Waals surface area contributed by atoms with Gasteiger partial charge in [0.05, 0.1) is 19.9 Å². The van der Waals surface area contributed by atoms with Crippen LogP contribution in [0.15, 0.2) is 65.8 Å². The topological polar surface area (TPSA) is 98.3 Å². The summed E-state index contributed by atoms with van der Waals surface area (Å²) in [5.74, 6) is 0.684. The molecule has 0 saturated heterocycles. The van der Waals surface area contributed by atoms with Crippen molar-refractivity contribution in [1.29, 1.82) is 0 Å². The number of amides is 2. The molecule has 0 aliphatic rings. The van der Waals surface area contributed by atoms with Gasteiger partial charge < -0.3 is 19.5 Å². The highest BCUT2D eigenvalue weighted by Crippen LogP contribution is 2.28. The van der Waals surface area contributed by atoms with Crippen LogP contribution in [0.3, 0.4) is 0 Å². The van der Waals surface area contributed by atoms with Crippen LogP contribution in [0.1, 0.15) is 28.4 Å². The zero-order valence-corrected chi connectivity index (χ0v) is 20.4. The van der Waals surface area contributed by atoms with Gasteiger partial charge in [-0.25, -0.2) is 5.43 Å². The third kappa shape index (κ3) is 7.22. The van der Waals surface area contributed by atoms with E-state index in [2.05, 4.69) is 15.8 Å². The quantitative estimate of drug-likeness (QED) is 0.310. The Morgan fingerprint density at radius 2 is 1.80 bits per heavy atom. The van der Waals surface area contributed by atoms with Crippen molar-refractivity contribution in [2.75, 3.05) is 25.6 Å². The lowest BCUT2D eigenvalue weighted by Crippen LogP contribution is -2.20. The third-order valence-electron chi connectivity index (χ3n) is 4.83. The van der Waals surface area contributed by atoms with Gasteiger partial charge in [0.25, 0.3) is 11.8 Å². The molecule has 3 aromatic rings. The van der Waals surface area contributed by atoms with E-state index in [9.17, 15) is 9.59 Å². The molecule has 0 aliphatic heterocycles. The van der Waals surface area contributed by atoms with Crippen LogP contribution in [0.4, 0.5) is 5.69 Å². The average Bonchev–Trinajstić information content (AvgIpc) is 2.85. The second-order valence-corrected chi connectivity index (χ2v) is 7.74. The fraction of sp³-hybridized carbons (Fsp3) is 0.192. The zero-order chi connectivity index (χ0) is 25.2. The van der Waals surface area contributed by atoms with Crippen LogP contribution >= 0.6 is 11.6 Å². The standard InChI is InChI=1S/C26H26ClN3O5/c1-4-34-24-13-18(10-12-23(24)33-3)26(32)30-28-15-19-7-5-6-8-22(19)35-16-25(31)29-20-11-9-17(2)21(27)14-20/h5-15H,4,16H2,1-3H3,(H,29,31)(H,30,32)/b28-15+. The number of carbonyl (C=O) groups excluding carboxylic acids is 2. The normalized spacial score (nSPS) is 10.6. The molecule has 9 heteroatoms. The maximum absolute atomic E-state index is 12.5. The summed E-state index contributed by atoms with van der Waals surface area (Å²) in [4.78, 5) is 24.8. The van der Waals surface area contributed by atoms with Gasteiger partial charge in [0.15, 0.2) is 18.1 Å². The Bertz CT molecular complexity index is 1230. The fourth-order valence-electron chi connectivity index (χ4n) is 3.04. The number of nitrogens with one attached hydrogen (secondary N) is 2. The van der Waals surface area contributed by atoms with Gasteiger partial charge in [-0.05, 0) is 61.9 Å². The average molecular weight is 496 g/mol. The minimum atomic E-state index is -0.417. The Balaban J connectivity index is 1.60. The number of aryl methyl sites for hydroxylation is 1. The summed E-state index contributed by atoms with van der Waals surface area (Å²) in [7, 11) is 1.53. The van der Waals surface area contributed by atoms with Gasteiger partial charge in [0.2, 0.25) is 0 Å². The summed E-state index contributed by atoms with van der Waals surface area (Å²) in [5, 5.41) is 7.32. The molecule has 35 heavy (non-hydrogen) atoms. The van der Waals surface area contributed by atoms with Crippen molar-refractivity contribution in [2.45, 2.75) is 13.8 Å². The van der Waals surface area contributed by atoms with Gasteiger partial charge in [-0.15, -0.1) is 0 Å². The van der Waals surface area contributed by atoms with E-state index in [-0.39, 0.29) is 12.5 Å². The molecule has 2 N–H and O–H groups in total. The molecule has 0 radical (unpaired) electrons. The SMILES string of the molecule is CCOc1cc(C(=O)N/N=C/c2ccccc2OCC(=O)Nc2ccc(C)c(Cl)c2)ccc1OC. The summed E-state index contributed by atoms with van der Waals surface area (Å²) in [5.41, 5.74) is 4.93. The Morgan fingerprint density at radius 1 is 1.00 bits per heavy atom. The lowest BCUT2D eigenvalue weighted by atomic mass is 10.2. The van der Waals surface area contributed by atoms with E-state index in [0.29, 0.717) is 45.7 Å². The highest BCUT2D eigenvalue weighted by atomic mass is 35.5. The number of halogens is 1. The van der Waals surface area contributed by atoms with Crippen molar-refractivity contribution >= 4 is 35.3 Å². The first-order chi connectivity index (χ1) is 16.9. The van der Waals surface area contributed by atoms with E-state index in [0.717, 1.165) is 5.56 Å². The van der Waals surface area contributed by atoms with Gasteiger partial charge in [-0.3, -0.25) is 9.59 Å². The molecule has 8 nitrogen and oxygen atoms in total. The van der Waals surface area contributed by atoms with E-state index in [1.165, 1.54) is 13.3 Å². The number of ether oxygens (including phenoxy) is 3. The van der Waals surface area contributed by atoms with Gasteiger partial charge >= 0.3 is 0 Å². The molecule has 0 fully saturated rings. The van der Waals surface area contributed by atoms with E-state index >= 15 is 0 Å². The largest absolute Gasteiger partial charge is 0.493 e. The van der Waals surface area contributed by atoms with Crippen molar-refractivity contribution in [2.24, 2.45) is 5.10 Å². The molecule has 2 amide bonds. The Kier molecular flexibility index (Phi) is 9.09. The first-order valence-electron chi connectivity index (χ1n) is 10.8. The van der Waals surface area contributed by atoms with Crippen LogP contribution in [-0.2, 0) is 4.79 Å². The Hall–Kier alpha value is -4.04. The molecule has 0 bridgehead atoms. The number of hydrazone groups is 1. The number of para-hydroxylation sites is 1. The highest BCUT2D eigenvalue weighted by Gasteiger charge is 2.11. The maximum atomic E-state index is 12.5. The predicted octanol–water partition coefficient (Wildman–Crippen LogP) is 4.84. The van der Waals surface area contributed by atoms with Gasteiger partial charge in [0.1, 0.15) is 5.75 Å². The minimum Gasteiger partial charge on any atom is -0.493 e. The summed E-state index contributed by atoms with van der Waals surface area (Å²) >= 11 is 6.10. The first-order valence-corrected chi connectivity index (χ1v) is 11.2. The predicted molar refractivity (Wildman–Crippen MR) is 136 cm³/mol. The molecular weight excluding hydrogens is 470 g/mol. The van der Waals surface area contributed by atoms with Crippen LogP contribution in [0.5, 0.6) is 17.2 Å². The van der Waals surface area contributed by atoms with Gasteiger partial charge in [0, 0.05) is 21.8 Å². The minimum absolute atomic E-state index is 0.214. The molecule has 0 saturated carbocycles. The summed E-state index contributed by atoms with van der Waals surface area (Å²) in [6.07, 6.45) is 1.44. The maximum Gasteiger partial charge on any atom is 0.271 e. The number of benzene rings is 3. The van der Waals surface area contributed by atoms with Crippen LogP contribution in [-0.4, -0.2) is 38.4 Å². The molecule has 0 atom stereocenters. The van der Waals surface area contributed by atoms with Gasteiger partial charge in [-0.2, -0.15) is 5.10 Å². The smallest absolute Gasteiger partial charge is 0.271 e. The van der Waals surface area contributed by atoms with Crippen molar-refractivity contribution in [3.8, 4) is 17.2 Å². The zero-order valence-electron chi connectivity index (χ0n) is 19.6. The summed E-state index contributed by atoms with van der Waals surface area (Å²) in [6, 6.07) is 17.1. The number of anilines is 1. The van der Waals surface area contributed by atoms with Crippen molar-refractivity contribution in [3.05, 3.63) is 82.4 Å². The lowest BCUT2D eigenvalue weighted by molar-refractivity contribution is -0.118. The van der Waals surface area contributed by atoms with E-state index in [4.69, 9.17) is 25.8 Å². The fourth-order valence-corrected chi connectivity index (χ4v) is 3.22. The van der Waals surface area contributed by atoms with Crippen LogP contribution in [0.25, 0.3) is 0 Å². The molecule has 3 aromatic carbocycles. The van der Waals surface area contributed by atoms with E-state index in [1.54, 1.807) is 54.6 Å². The second kappa shape index (κ2) is 12.4. The number of carbonyl (C=O) groups is 2. The van der Waals surface area contributed by atoms with Crippen LogP contribution < -0.4 is 25.0 Å². The molecule has 0 aromatic heterocycles. The summed E-state index contributed by atoms with van der Waals surface area (Å²) in [6.45, 7) is 3.95. The molecular formula is C26H26ClN3O5. The number of hydrogen-bond donors (Lipinski definition) is 2. The molecule has 3 rings (SSSR count). The van der Waals surface area contributed by atoms with Crippen molar-refractivity contribution < 1.29 is 23.8 Å². The van der Waals surface area contributed by atoms with Crippen LogP contribution in [0.2, 0.25) is 5.02 Å². The van der Waals surface area contributed by atoms with Gasteiger partial charge in [-0.1, -0.05) is 29.8 Å². The van der Waals surface area contributed by atoms with E-state index in [1.807, 2.05) is 19.9 Å². The molecule has 182 valence electrons. The summed E-state index contributed by atoms with van der Waals surface area (Å²) < 4.78 is 16.4. The number of rotatable bonds is 10. The number of nitrogens with zero attached hydrogens (tertiary/aromatic N) is 1. The van der Waals surface area contributed by atoms with Crippen LogP contribution in [0, 0.1) is 6.92 Å². The number of hydrogen-bond acceptors (Lipinski definition) is 6. The first kappa shape index (κ1) is 25.6. The lowest BCUT2D eigenvalue weighted by Gasteiger charge is -2.11. The number of methoxy groups -OCH3 is 1. The van der Waals surface area contributed by atoms with Crippen molar-refractivity contribution in [3.63, 3.8) is 0 Å². The third-order valence-corrected chi connectivity index (χ3v) is 5.24.